The monoisotopic (exact) mass is 409 g/mol. The van der Waals surface area contributed by atoms with Crippen molar-refractivity contribution >= 4 is 16.9 Å². The Bertz CT molecular complexity index is 1080. The van der Waals surface area contributed by atoms with Crippen LogP contribution in [0.1, 0.15) is 41.1 Å². The molecule has 0 spiro atoms. The summed E-state index contributed by atoms with van der Waals surface area (Å²) in [6, 6.07) is 9.62. The Balaban J connectivity index is 1.63. The smallest absolute Gasteiger partial charge is 0.290 e. The standard InChI is InChI=1S/C24H27NO5/c1-5-28-21-11-16-9-10-25(14-17(16)12-22(21)29-6-2)24(26)23-15(3)19-13-18(27-4)7-8-20(19)30-23/h7-8,11-13H,5-6,9-10,14H2,1-4H3. The van der Waals surface area contributed by atoms with Crippen LogP contribution in [0.4, 0.5) is 0 Å². The molecule has 2 aromatic carbocycles. The van der Waals surface area contributed by atoms with Crippen molar-refractivity contribution in [2.24, 2.45) is 0 Å². The summed E-state index contributed by atoms with van der Waals surface area (Å²) in [7, 11) is 1.63. The zero-order chi connectivity index (χ0) is 21.3. The van der Waals surface area contributed by atoms with Gasteiger partial charge < -0.3 is 23.5 Å². The van der Waals surface area contributed by atoms with Crippen molar-refractivity contribution in [3.05, 3.63) is 52.8 Å². The molecule has 158 valence electrons. The lowest BCUT2D eigenvalue weighted by molar-refractivity contribution is 0.0703. The first kappa shape index (κ1) is 20.1. The van der Waals surface area contributed by atoms with Gasteiger partial charge in [-0.2, -0.15) is 0 Å². The number of ether oxygens (including phenoxy) is 3. The number of rotatable bonds is 6. The summed E-state index contributed by atoms with van der Waals surface area (Å²) in [5.41, 5.74) is 3.80. The molecule has 6 heteroatoms. The highest BCUT2D eigenvalue weighted by Gasteiger charge is 2.27. The number of amides is 1. The van der Waals surface area contributed by atoms with E-state index in [0.29, 0.717) is 37.6 Å². The molecule has 0 saturated carbocycles. The van der Waals surface area contributed by atoms with Crippen molar-refractivity contribution in [3.8, 4) is 17.2 Å². The maximum Gasteiger partial charge on any atom is 0.290 e. The minimum Gasteiger partial charge on any atom is -0.497 e. The molecule has 0 N–H and O–H groups in total. The molecule has 1 aliphatic rings. The van der Waals surface area contributed by atoms with Gasteiger partial charge in [0.25, 0.3) is 5.91 Å². The fraction of sp³-hybridized carbons (Fsp3) is 0.375. The summed E-state index contributed by atoms with van der Waals surface area (Å²) < 4.78 is 22.7. The van der Waals surface area contributed by atoms with Crippen LogP contribution in [-0.2, 0) is 13.0 Å². The zero-order valence-corrected chi connectivity index (χ0v) is 17.9. The average Bonchev–Trinajstić information content (AvgIpc) is 3.09. The lowest BCUT2D eigenvalue weighted by atomic mass is 9.98. The molecule has 6 nitrogen and oxygen atoms in total. The summed E-state index contributed by atoms with van der Waals surface area (Å²) in [5.74, 6) is 2.52. The number of aryl methyl sites for hydroxylation is 1. The van der Waals surface area contributed by atoms with E-state index < -0.39 is 0 Å². The summed E-state index contributed by atoms with van der Waals surface area (Å²) in [6.45, 7) is 8.11. The predicted octanol–water partition coefficient (Wildman–Crippen LogP) is 4.75. The lowest BCUT2D eigenvalue weighted by Crippen LogP contribution is -2.36. The molecule has 0 radical (unpaired) electrons. The van der Waals surface area contributed by atoms with Crippen molar-refractivity contribution in [3.63, 3.8) is 0 Å². The number of hydrogen-bond donors (Lipinski definition) is 0. The first-order chi connectivity index (χ1) is 14.5. The number of fused-ring (bicyclic) bond motifs is 2. The second kappa shape index (κ2) is 8.30. The van der Waals surface area contributed by atoms with Crippen LogP contribution in [0.2, 0.25) is 0 Å². The van der Waals surface area contributed by atoms with Crippen LogP contribution >= 0.6 is 0 Å². The van der Waals surface area contributed by atoms with Gasteiger partial charge in [-0.15, -0.1) is 0 Å². The Morgan fingerprint density at radius 2 is 1.77 bits per heavy atom. The van der Waals surface area contributed by atoms with Gasteiger partial charge in [-0.3, -0.25) is 4.79 Å². The third kappa shape index (κ3) is 3.58. The van der Waals surface area contributed by atoms with Gasteiger partial charge in [0.1, 0.15) is 11.3 Å². The van der Waals surface area contributed by atoms with E-state index in [4.69, 9.17) is 18.6 Å². The fourth-order valence-electron chi connectivity index (χ4n) is 3.95. The summed E-state index contributed by atoms with van der Waals surface area (Å²) >= 11 is 0. The van der Waals surface area contributed by atoms with Crippen molar-refractivity contribution in [1.82, 2.24) is 4.90 Å². The van der Waals surface area contributed by atoms with Crippen LogP contribution in [0.3, 0.4) is 0 Å². The second-order valence-electron chi connectivity index (χ2n) is 7.33. The largest absolute Gasteiger partial charge is 0.497 e. The number of furan rings is 1. The Labute approximate surface area is 176 Å². The van der Waals surface area contributed by atoms with Crippen molar-refractivity contribution in [2.75, 3.05) is 26.9 Å². The van der Waals surface area contributed by atoms with Gasteiger partial charge in [0.2, 0.25) is 0 Å². The first-order valence-corrected chi connectivity index (χ1v) is 10.3. The SMILES string of the molecule is CCOc1cc2c(cc1OCC)CN(C(=O)c1oc3ccc(OC)cc3c1C)CC2. The molecule has 0 bridgehead atoms. The van der Waals surface area contributed by atoms with Crippen LogP contribution in [0.5, 0.6) is 17.2 Å². The highest BCUT2D eigenvalue weighted by molar-refractivity contribution is 5.99. The van der Waals surface area contributed by atoms with Crippen LogP contribution in [-0.4, -0.2) is 37.7 Å². The molecule has 2 heterocycles. The highest BCUT2D eigenvalue weighted by Crippen LogP contribution is 2.35. The summed E-state index contributed by atoms with van der Waals surface area (Å²) in [6.07, 6.45) is 0.765. The van der Waals surface area contributed by atoms with Gasteiger partial charge in [0.05, 0.1) is 20.3 Å². The van der Waals surface area contributed by atoms with Gasteiger partial charge in [0, 0.05) is 24.0 Å². The Kier molecular flexibility index (Phi) is 5.57. The van der Waals surface area contributed by atoms with E-state index >= 15 is 0 Å². The molecule has 0 fully saturated rings. The van der Waals surface area contributed by atoms with Crippen LogP contribution in [0, 0.1) is 6.92 Å². The van der Waals surface area contributed by atoms with Crippen LogP contribution < -0.4 is 14.2 Å². The maximum absolute atomic E-state index is 13.3. The lowest BCUT2D eigenvalue weighted by Gasteiger charge is -2.29. The van der Waals surface area contributed by atoms with E-state index in [0.717, 1.165) is 40.2 Å². The number of carbonyl (C=O) groups is 1. The Morgan fingerprint density at radius 1 is 1.07 bits per heavy atom. The molecule has 3 aromatic rings. The molecule has 0 aliphatic carbocycles. The number of carbonyl (C=O) groups excluding carboxylic acids is 1. The van der Waals surface area contributed by atoms with E-state index in [1.54, 1.807) is 7.11 Å². The molecular formula is C24H27NO5. The number of methoxy groups -OCH3 is 1. The topological polar surface area (TPSA) is 61.1 Å². The van der Waals surface area contributed by atoms with Crippen LogP contribution in [0.15, 0.2) is 34.7 Å². The molecule has 0 saturated heterocycles. The molecule has 30 heavy (non-hydrogen) atoms. The van der Waals surface area contributed by atoms with Gasteiger partial charge in [-0.1, -0.05) is 0 Å². The van der Waals surface area contributed by atoms with E-state index in [2.05, 4.69) is 0 Å². The normalized spacial score (nSPS) is 13.3. The van der Waals surface area contributed by atoms with Gasteiger partial charge in [0.15, 0.2) is 17.3 Å². The third-order valence-corrected chi connectivity index (χ3v) is 5.50. The van der Waals surface area contributed by atoms with Gasteiger partial charge in [-0.05, 0) is 68.7 Å². The molecule has 4 rings (SSSR count). The molecule has 1 aromatic heterocycles. The summed E-state index contributed by atoms with van der Waals surface area (Å²) in [4.78, 5) is 15.1. The highest BCUT2D eigenvalue weighted by atomic mass is 16.5. The minimum absolute atomic E-state index is 0.0971. The zero-order valence-electron chi connectivity index (χ0n) is 17.9. The minimum atomic E-state index is -0.0971. The maximum atomic E-state index is 13.3. The van der Waals surface area contributed by atoms with Crippen molar-refractivity contribution < 1.29 is 23.4 Å². The van der Waals surface area contributed by atoms with Crippen LogP contribution in [0.25, 0.3) is 11.0 Å². The first-order valence-electron chi connectivity index (χ1n) is 10.3. The van der Waals surface area contributed by atoms with Gasteiger partial charge >= 0.3 is 0 Å². The number of hydrogen-bond acceptors (Lipinski definition) is 5. The molecule has 1 aliphatic heterocycles. The quantitative estimate of drug-likeness (QED) is 0.588. The van der Waals surface area contributed by atoms with Gasteiger partial charge in [-0.25, -0.2) is 0 Å². The van der Waals surface area contributed by atoms with E-state index in [-0.39, 0.29) is 5.91 Å². The Hall–Kier alpha value is -3.15. The van der Waals surface area contributed by atoms with E-state index in [1.807, 2.05) is 56.0 Å². The molecule has 0 unspecified atom stereocenters. The summed E-state index contributed by atoms with van der Waals surface area (Å²) in [5, 5.41) is 0.898. The molecule has 1 amide bonds. The Morgan fingerprint density at radius 3 is 2.43 bits per heavy atom. The van der Waals surface area contributed by atoms with E-state index in [9.17, 15) is 4.79 Å². The predicted molar refractivity (Wildman–Crippen MR) is 115 cm³/mol. The molecule has 0 atom stereocenters. The van der Waals surface area contributed by atoms with Crippen molar-refractivity contribution in [1.29, 1.82) is 0 Å². The average molecular weight is 409 g/mol. The fourth-order valence-corrected chi connectivity index (χ4v) is 3.95. The van der Waals surface area contributed by atoms with E-state index in [1.165, 1.54) is 5.56 Å². The number of nitrogens with zero attached hydrogens (tertiary/aromatic N) is 1. The molecular weight excluding hydrogens is 382 g/mol. The van der Waals surface area contributed by atoms with Crippen molar-refractivity contribution in [2.45, 2.75) is 33.7 Å². The third-order valence-electron chi connectivity index (χ3n) is 5.50. The number of benzene rings is 2. The second-order valence-corrected chi connectivity index (χ2v) is 7.33.